The van der Waals surface area contributed by atoms with Gasteiger partial charge in [0.05, 0.1) is 5.52 Å². The van der Waals surface area contributed by atoms with Gasteiger partial charge in [-0.05, 0) is 19.1 Å². The van der Waals surface area contributed by atoms with Gasteiger partial charge >= 0.3 is 0 Å². The number of nitrogens with one attached hydrogen (secondary N) is 1. The lowest BCUT2D eigenvalue weighted by atomic mass is 10.2. The molecule has 0 aliphatic heterocycles. The molecule has 1 N–H and O–H groups in total. The second-order valence-corrected chi connectivity index (χ2v) is 4.95. The van der Waals surface area contributed by atoms with Crippen LogP contribution in [0.5, 0.6) is 0 Å². The molecular weight excluding hydrogens is 268 g/mol. The first-order valence-electron chi connectivity index (χ1n) is 6.41. The molecule has 0 radical (unpaired) electrons. The zero-order valence-electron chi connectivity index (χ0n) is 11.0. The van der Waals surface area contributed by atoms with Crippen molar-refractivity contribution in [3.05, 3.63) is 60.2 Å². The van der Waals surface area contributed by atoms with Crippen LogP contribution in [0.4, 0.5) is 0 Å². The van der Waals surface area contributed by atoms with E-state index >= 15 is 0 Å². The second kappa shape index (κ2) is 5.38. The number of para-hydroxylation sites is 1. The van der Waals surface area contributed by atoms with E-state index < -0.39 is 0 Å². The smallest absolute Gasteiger partial charge is 0.120 e. The molecule has 0 aliphatic carbocycles. The van der Waals surface area contributed by atoms with Gasteiger partial charge in [-0.25, -0.2) is 4.68 Å². The van der Waals surface area contributed by atoms with Crippen molar-refractivity contribution in [2.75, 3.05) is 0 Å². The lowest BCUT2D eigenvalue weighted by Crippen LogP contribution is -2.30. The third-order valence-electron chi connectivity index (χ3n) is 3.12. The molecule has 4 nitrogen and oxygen atoms in total. The Labute approximate surface area is 122 Å². The maximum atomic E-state index is 5.42. The number of fused-ring (bicyclic) bond motifs is 1. The summed E-state index contributed by atoms with van der Waals surface area (Å²) in [6.45, 7) is 2.01. The summed E-state index contributed by atoms with van der Waals surface area (Å²) < 4.78 is 1.84. The van der Waals surface area contributed by atoms with E-state index in [1.807, 2.05) is 66.2 Å². The van der Waals surface area contributed by atoms with Gasteiger partial charge in [0.2, 0.25) is 0 Å². The fourth-order valence-electron chi connectivity index (χ4n) is 2.10. The van der Waals surface area contributed by atoms with Crippen molar-refractivity contribution in [1.82, 2.24) is 20.3 Å². The summed E-state index contributed by atoms with van der Waals surface area (Å²) in [5.41, 5.74) is 2.87. The molecule has 5 heteroatoms. The molecule has 0 fully saturated rings. The quantitative estimate of drug-likeness (QED) is 0.750. The first-order chi connectivity index (χ1) is 9.75. The van der Waals surface area contributed by atoms with Gasteiger partial charge in [0, 0.05) is 5.56 Å². The van der Waals surface area contributed by atoms with Crippen LogP contribution >= 0.6 is 12.2 Å². The summed E-state index contributed by atoms with van der Waals surface area (Å²) in [7, 11) is 0. The number of hydrogen-bond donors (Lipinski definition) is 1. The average molecular weight is 282 g/mol. The van der Waals surface area contributed by atoms with Crippen LogP contribution < -0.4 is 5.32 Å². The molecule has 0 aliphatic rings. The molecule has 1 aromatic heterocycles. The summed E-state index contributed by atoms with van der Waals surface area (Å²) in [5.74, 6) is 0. The third kappa shape index (κ3) is 2.40. The highest BCUT2D eigenvalue weighted by Crippen LogP contribution is 2.14. The zero-order valence-corrected chi connectivity index (χ0v) is 11.8. The van der Waals surface area contributed by atoms with E-state index in [-0.39, 0.29) is 6.17 Å². The molecule has 0 saturated carbocycles. The van der Waals surface area contributed by atoms with Gasteiger partial charge in [0.1, 0.15) is 16.7 Å². The van der Waals surface area contributed by atoms with Gasteiger partial charge in [0.25, 0.3) is 0 Å². The van der Waals surface area contributed by atoms with E-state index in [2.05, 4.69) is 15.6 Å². The van der Waals surface area contributed by atoms with Crippen molar-refractivity contribution in [2.24, 2.45) is 0 Å². The lowest BCUT2D eigenvalue weighted by Gasteiger charge is -2.16. The summed E-state index contributed by atoms with van der Waals surface area (Å²) in [6.07, 6.45) is -0.0601. The number of rotatable bonds is 3. The Morgan fingerprint density at radius 1 is 1.10 bits per heavy atom. The van der Waals surface area contributed by atoms with Gasteiger partial charge in [-0.3, -0.25) is 0 Å². The number of hydrogen-bond acceptors (Lipinski definition) is 3. The predicted molar refractivity (Wildman–Crippen MR) is 83.5 cm³/mol. The van der Waals surface area contributed by atoms with E-state index in [9.17, 15) is 0 Å². The van der Waals surface area contributed by atoms with Crippen molar-refractivity contribution in [2.45, 2.75) is 13.1 Å². The maximum Gasteiger partial charge on any atom is 0.120 e. The normalized spacial score (nSPS) is 12.2. The summed E-state index contributed by atoms with van der Waals surface area (Å²) in [4.78, 5) is 0.706. The maximum absolute atomic E-state index is 5.42. The standard InChI is InChI=1S/C15H14N4S/c1-11(16-15(20)12-7-3-2-4-8-12)19-14-10-6-5-9-13(14)17-18-19/h2-11H,1H3,(H,16,20). The van der Waals surface area contributed by atoms with Crippen LogP contribution in [-0.4, -0.2) is 20.0 Å². The van der Waals surface area contributed by atoms with Crippen molar-refractivity contribution >= 4 is 28.2 Å². The lowest BCUT2D eigenvalue weighted by molar-refractivity contribution is 0.466. The van der Waals surface area contributed by atoms with Crippen LogP contribution in [0.3, 0.4) is 0 Å². The summed E-state index contributed by atoms with van der Waals surface area (Å²) in [5, 5.41) is 11.6. The molecular formula is C15H14N4S. The Bertz CT molecular complexity index is 736. The molecule has 0 spiro atoms. The molecule has 0 amide bonds. The van der Waals surface area contributed by atoms with Gasteiger partial charge in [-0.1, -0.05) is 59.9 Å². The van der Waals surface area contributed by atoms with Gasteiger partial charge < -0.3 is 5.32 Å². The molecule has 20 heavy (non-hydrogen) atoms. The Hall–Kier alpha value is -2.27. The van der Waals surface area contributed by atoms with E-state index in [1.54, 1.807) is 0 Å². The fraction of sp³-hybridized carbons (Fsp3) is 0.133. The molecule has 100 valence electrons. The highest BCUT2D eigenvalue weighted by molar-refractivity contribution is 7.80. The average Bonchev–Trinajstić information content (AvgIpc) is 2.92. The minimum atomic E-state index is -0.0601. The van der Waals surface area contributed by atoms with Crippen molar-refractivity contribution < 1.29 is 0 Å². The van der Waals surface area contributed by atoms with Crippen LogP contribution in [0.15, 0.2) is 54.6 Å². The van der Waals surface area contributed by atoms with Gasteiger partial charge in [0.15, 0.2) is 0 Å². The molecule has 3 aromatic rings. The van der Waals surface area contributed by atoms with Crippen molar-refractivity contribution in [1.29, 1.82) is 0 Å². The Balaban J connectivity index is 1.83. The van der Waals surface area contributed by atoms with Crippen molar-refractivity contribution in [3.63, 3.8) is 0 Å². The largest absolute Gasteiger partial charge is 0.354 e. The molecule has 1 atom stereocenters. The van der Waals surface area contributed by atoms with Crippen LogP contribution in [0.25, 0.3) is 11.0 Å². The molecule has 0 saturated heterocycles. The minimum absolute atomic E-state index is 0.0601. The molecule has 3 rings (SSSR count). The summed E-state index contributed by atoms with van der Waals surface area (Å²) in [6, 6.07) is 17.8. The van der Waals surface area contributed by atoms with E-state index in [0.717, 1.165) is 16.6 Å². The number of aromatic nitrogens is 3. The first kappa shape index (κ1) is 12.7. The van der Waals surface area contributed by atoms with Crippen LogP contribution in [0.2, 0.25) is 0 Å². The fourth-order valence-corrected chi connectivity index (χ4v) is 2.40. The van der Waals surface area contributed by atoms with Gasteiger partial charge in [-0.15, -0.1) is 5.10 Å². The highest BCUT2D eigenvalue weighted by Gasteiger charge is 2.12. The van der Waals surface area contributed by atoms with Gasteiger partial charge in [-0.2, -0.15) is 0 Å². The molecule has 0 bridgehead atoms. The Morgan fingerprint density at radius 3 is 2.60 bits per heavy atom. The van der Waals surface area contributed by atoms with Crippen LogP contribution in [0, 0.1) is 0 Å². The topological polar surface area (TPSA) is 42.7 Å². The Morgan fingerprint density at radius 2 is 1.80 bits per heavy atom. The molecule has 2 aromatic carbocycles. The van der Waals surface area contributed by atoms with Crippen LogP contribution in [0.1, 0.15) is 18.7 Å². The zero-order chi connectivity index (χ0) is 13.9. The molecule has 1 unspecified atom stereocenters. The van der Waals surface area contributed by atoms with E-state index in [4.69, 9.17) is 12.2 Å². The number of nitrogens with zero attached hydrogens (tertiary/aromatic N) is 3. The molecule has 1 heterocycles. The predicted octanol–water partition coefficient (Wildman–Crippen LogP) is 2.92. The second-order valence-electron chi connectivity index (χ2n) is 4.54. The van der Waals surface area contributed by atoms with Crippen molar-refractivity contribution in [3.8, 4) is 0 Å². The Kier molecular flexibility index (Phi) is 3.43. The number of thiocarbonyl (C=S) groups is 1. The third-order valence-corrected chi connectivity index (χ3v) is 3.47. The summed E-state index contributed by atoms with van der Waals surface area (Å²) >= 11 is 5.42. The van der Waals surface area contributed by atoms with E-state index in [0.29, 0.717) is 4.99 Å². The monoisotopic (exact) mass is 282 g/mol. The van der Waals surface area contributed by atoms with Crippen LogP contribution in [-0.2, 0) is 0 Å². The van der Waals surface area contributed by atoms with E-state index in [1.165, 1.54) is 0 Å². The first-order valence-corrected chi connectivity index (χ1v) is 6.82. The number of benzene rings is 2. The highest BCUT2D eigenvalue weighted by atomic mass is 32.1. The SMILES string of the molecule is CC(NC(=S)c1ccccc1)n1nnc2ccccc21. The minimum Gasteiger partial charge on any atom is -0.354 e.